The molecule has 0 amide bonds. The zero-order valence-electron chi connectivity index (χ0n) is 36.8. The van der Waals surface area contributed by atoms with Gasteiger partial charge in [0.15, 0.2) is 0 Å². The molecule has 6 nitrogen and oxygen atoms in total. The van der Waals surface area contributed by atoms with Crippen LogP contribution in [0.1, 0.15) is 50.7 Å². The van der Waals surface area contributed by atoms with Gasteiger partial charge >= 0.3 is 0 Å². The highest BCUT2D eigenvalue weighted by Gasteiger charge is 2.22. The normalized spacial score (nSPS) is 11.9. The van der Waals surface area contributed by atoms with Crippen molar-refractivity contribution in [2.75, 3.05) is 24.0 Å². The van der Waals surface area contributed by atoms with Gasteiger partial charge in [0, 0.05) is 44.3 Å². The minimum absolute atomic E-state index is 0.440. The second-order valence-corrected chi connectivity index (χ2v) is 17.3. The summed E-state index contributed by atoms with van der Waals surface area (Å²) in [5, 5.41) is 8.63. The Labute approximate surface area is 372 Å². The number of para-hydroxylation sites is 4. The molecule has 0 N–H and O–H groups in total. The lowest BCUT2D eigenvalue weighted by atomic mass is 10.00. The molecule has 0 bridgehead atoms. The molecule has 0 atom stereocenters. The van der Waals surface area contributed by atoms with Crippen molar-refractivity contribution in [3.05, 3.63) is 181 Å². The van der Waals surface area contributed by atoms with E-state index in [9.17, 15) is 0 Å². The van der Waals surface area contributed by atoms with Crippen molar-refractivity contribution < 1.29 is 18.3 Å². The minimum atomic E-state index is 0.440. The lowest BCUT2D eigenvalue weighted by Gasteiger charge is -2.27. The van der Waals surface area contributed by atoms with Crippen molar-refractivity contribution in [3.63, 3.8) is 0 Å². The SMILES string of the molecule is COc1ccccc1N(c1ccc(C(C)C)cc1)c1ccc2cc3c(cc2c1)oc1ccc2oc4cc5cc(N(c6ccc(C(C)C)cc6)c6ccccc6OC)ccc5cc4c2c13. The van der Waals surface area contributed by atoms with Crippen molar-refractivity contribution in [1.82, 2.24) is 0 Å². The van der Waals surface area contributed by atoms with E-state index >= 15 is 0 Å². The lowest BCUT2D eigenvalue weighted by molar-refractivity contribution is 0.416. The summed E-state index contributed by atoms with van der Waals surface area (Å²) in [6, 6.07) is 60.2. The van der Waals surface area contributed by atoms with Gasteiger partial charge in [0.1, 0.15) is 33.8 Å². The van der Waals surface area contributed by atoms with Gasteiger partial charge in [-0.05, 0) is 154 Å². The average Bonchev–Trinajstić information content (AvgIpc) is 3.87. The molecular weight excluding hydrogens is 789 g/mol. The standard InChI is InChI=1S/C58H48N2O4/c1-35(2)37-15-21-43(22-16-37)59(49-11-7-9-13-51(49)61-5)45-25-19-39-31-47-55(33-41(39)29-45)63-53-27-28-54-58(57(47)53)48-32-40-20-26-46(30-42(40)34-56(48)64-54)60(50-12-8-10-14-52(50)62-6)44-23-17-38(18-24-44)36(3)4/h7-36H,1-6H3. The molecule has 9 aromatic carbocycles. The van der Waals surface area contributed by atoms with Gasteiger partial charge in [-0.2, -0.15) is 0 Å². The highest BCUT2D eigenvalue weighted by Crippen LogP contribution is 2.46. The van der Waals surface area contributed by atoms with Gasteiger partial charge in [-0.25, -0.2) is 0 Å². The second-order valence-electron chi connectivity index (χ2n) is 17.3. The molecule has 314 valence electrons. The van der Waals surface area contributed by atoms with Crippen molar-refractivity contribution in [2.45, 2.75) is 39.5 Å². The average molecular weight is 837 g/mol. The topological polar surface area (TPSA) is 51.2 Å². The predicted octanol–water partition coefficient (Wildman–Crippen LogP) is 17.0. The maximum absolute atomic E-state index is 6.69. The second kappa shape index (κ2) is 15.6. The number of hydrogen-bond acceptors (Lipinski definition) is 6. The third-order valence-electron chi connectivity index (χ3n) is 12.8. The first-order valence-corrected chi connectivity index (χ1v) is 22.0. The molecule has 0 aliphatic heterocycles. The summed E-state index contributed by atoms with van der Waals surface area (Å²) in [5.41, 5.74) is 12.0. The molecule has 0 fully saturated rings. The minimum Gasteiger partial charge on any atom is -0.495 e. The lowest BCUT2D eigenvalue weighted by Crippen LogP contribution is -2.11. The molecular formula is C58H48N2O4. The van der Waals surface area contributed by atoms with E-state index in [4.69, 9.17) is 18.3 Å². The van der Waals surface area contributed by atoms with Gasteiger partial charge < -0.3 is 28.1 Å². The van der Waals surface area contributed by atoms with Gasteiger partial charge in [0.25, 0.3) is 0 Å². The summed E-state index contributed by atoms with van der Waals surface area (Å²) in [6.07, 6.45) is 0. The van der Waals surface area contributed by atoms with E-state index in [0.717, 1.165) is 111 Å². The van der Waals surface area contributed by atoms with Crippen LogP contribution in [0.15, 0.2) is 179 Å². The Kier molecular flexibility index (Phi) is 9.54. The van der Waals surface area contributed by atoms with Crippen LogP contribution in [0.25, 0.3) is 65.4 Å². The van der Waals surface area contributed by atoms with Crippen LogP contribution in [-0.2, 0) is 0 Å². The van der Waals surface area contributed by atoms with Crippen molar-refractivity contribution in [3.8, 4) is 11.5 Å². The van der Waals surface area contributed by atoms with Gasteiger partial charge in [-0.15, -0.1) is 0 Å². The molecule has 0 saturated heterocycles. The summed E-state index contributed by atoms with van der Waals surface area (Å²) in [6.45, 7) is 8.88. The van der Waals surface area contributed by atoms with Crippen LogP contribution in [0, 0.1) is 0 Å². The predicted molar refractivity (Wildman–Crippen MR) is 267 cm³/mol. The molecule has 6 heteroatoms. The fraction of sp³-hybridized carbons (Fsp3) is 0.138. The Morgan fingerprint density at radius 2 is 0.766 bits per heavy atom. The fourth-order valence-corrected chi connectivity index (χ4v) is 9.37. The summed E-state index contributed by atoms with van der Waals surface area (Å²) in [4.78, 5) is 4.53. The third-order valence-corrected chi connectivity index (χ3v) is 12.8. The molecule has 11 aromatic rings. The van der Waals surface area contributed by atoms with Gasteiger partial charge in [0.2, 0.25) is 0 Å². The number of anilines is 6. The molecule has 0 spiro atoms. The first-order chi connectivity index (χ1) is 31.3. The Hall–Kier alpha value is -7.70. The number of nitrogens with zero attached hydrogens (tertiary/aromatic N) is 2. The van der Waals surface area contributed by atoms with Crippen LogP contribution in [0.4, 0.5) is 34.1 Å². The molecule has 64 heavy (non-hydrogen) atoms. The summed E-state index contributed by atoms with van der Waals surface area (Å²) < 4.78 is 25.2. The van der Waals surface area contributed by atoms with Crippen LogP contribution in [0.2, 0.25) is 0 Å². The van der Waals surface area contributed by atoms with Crippen LogP contribution in [0.5, 0.6) is 11.5 Å². The first kappa shape index (κ1) is 39.2. The Morgan fingerprint density at radius 3 is 1.16 bits per heavy atom. The molecule has 11 rings (SSSR count). The maximum Gasteiger partial charge on any atom is 0.142 e. The highest BCUT2D eigenvalue weighted by atomic mass is 16.5. The van der Waals surface area contributed by atoms with E-state index in [2.05, 4.69) is 171 Å². The quantitative estimate of drug-likeness (QED) is 0.137. The molecule has 2 aromatic heterocycles. The number of furan rings is 2. The Balaban J connectivity index is 1.03. The van der Waals surface area contributed by atoms with Gasteiger partial charge in [-0.3, -0.25) is 0 Å². The largest absolute Gasteiger partial charge is 0.495 e. The fourth-order valence-electron chi connectivity index (χ4n) is 9.37. The molecule has 0 aliphatic carbocycles. The van der Waals surface area contributed by atoms with E-state index in [1.807, 2.05) is 36.4 Å². The van der Waals surface area contributed by atoms with E-state index in [-0.39, 0.29) is 0 Å². The van der Waals surface area contributed by atoms with E-state index in [0.29, 0.717) is 11.8 Å². The zero-order chi connectivity index (χ0) is 43.6. The summed E-state index contributed by atoms with van der Waals surface area (Å²) >= 11 is 0. The number of fused-ring (bicyclic) bond motifs is 9. The zero-order valence-corrected chi connectivity index (χ0v) is 36.8. The monoisotopic (exact) mass is 836 g/mol. The van der Waals surface area contributed by atoms with Crippen molar-refractivity contribution in [2.24, 2.45) is 0 Å². The maximum atomic E-state index is 6.69. The van der Waals surface area contributed by atoms with Gasteiger partial charge in [-0.1, -0.05) is 88.4 Å². The summed E-state index contributed by atoms with van der Waals surface area (Å²) in [5.74, 6) is 2.48. The number of ether oxygens (including phenoxy) is 2. The van der Waals surface area contributed by atoms with Crippen LogP contribution in [-0.4, -0.2) is 14.2 Å². The summed E-state index contributed by atoms with van der Waals surface area (Å²) in [7, 11) is 3.45. The third kappa shape index (κ3) is 6.56. The number of rotatable bonds is 10. The van der Waals surface area contributed by atoms with E-state index in [1.54, 1.807) is 14.2 Å². The molecule has 0 radical (unpaired) electrons. The molecule has 0 aliphatic rings. The van der Waals surface area contributed by atoms with Gasteiger partial charge in [0.05, 0.1) is 25.6 Å². The molecule has 2 heterocycles. The smallest absolute Gasteiger partial charge is 0.142 e. The van der Waals surface area contributed by atoms with E-state index < -0.39 is 0 Å². The Morgan fingerprint density at radius 1 is 0.375 bits per heavy atom. The van der Waals surface area contributed by atoms with Crippen molar-refractivity contribution in [1.29, 1.82) is 0 Å². The first-order valence-electron chi connectivity index (χ1n) is 22.0. The van der Waals surface area contributed by atoms with Crippen LogP contribution >= 0.6 is 0 Å². The van der Waals surface area contributed by atoms with E-state index in [1.165, 1.54) is 11.1 Å². The molecule has 0 unspecified atom stereocenters. The molecule has 0 saturated carbocycles. The Bertz CT molecular complexity index is 3310. The van der Waals surface area contributed by atoms with Crippen molar-refractivity contribution >= 4 is 99.5 Å². The number of methoxy groups -OCH3 is 2. The van der Waals surface area contributed by atoms with Crippen LogP contribution < -0.4 is 19.3 Å². The highest BCUT2D eigenvalue weighted by molar-refractivity contribution is 6.28. The van der Waals surface area contributed by atoms with Crippen LogP contribution in [0.3, 0.4) is 0 Å². The number of benzene rings is 9. The number of hydrogen-bond donors (Lipinski definition) is 0.